The smallest absolute Gasteiger partial charge is 0.224 e. The average Bonchev–Trinajstić information content (AvgIpc) is 3.23. The Hall–Kier alpha value is -1.61. The van der Waals surface area contributed by atoms with Crippen molar-refractivity contribution >= 4 is 21.8 Å². The zero-order valence-electron chi connectivity index (χ0n) is 13.0. The molecule has 0 saturated heterocycles. The summed E-state index contributed by atoms with van der Waals surface area (Å²) in [7, 11) is 0. The van der Waals surface area contributed by atoms with Crippen LogP contribution in [-0.4, -0.2) is 5.91 Å². The third kappa shape index (κ3) is 3.20. The molecule has 3 heteroatoms. The second kappa shape index (κ2) is 6.12. The minimum Gasteiger partial charge on any atom is -0.352 e. The van der Waals surface area contributed by atoms with Crippen LogP contribution in [0.2, 0.25) is 0 Å². The molecule has 4 rings (SSSR count). The molecular weight excluding hydrogens is 350 g/mol. The normalized spacial score (nSPS) is 21.8. The molecule has 1 N–H and O–H groups in total. The van der Waals surface area contributed by atoms with Crippen LogP contribution in [0.5, 0.6) is 0 Å². The van der Waals surface area contributed by atoms with E-state index in [1.165, 1.54) is 41.5 Å². The lowest BCUT2D eigenvalue weighted by atomic mass is 10.1. The quantitative estimate of drug-likeness (QED) is 0.852. The Kier molecular flexibility index (Phi) is 3.98. The molecule has 2 aliphatic carbocycles. The lowest BCUT2D eigenvalue weighted by Gasteiger charge is -2.07. The fraction of sp³-hybridized carbons (Fsp3) is 0.350. The molecule has 2 aromatic carbocycles. The van der Waals surface area contributed by atoms with Crippen LogP contribution >= 0.6 is 15.9 Å². The number of hydrogen-bond donors (Lipinski definition) is 1. The SMILES string of the molecule is O=C(NCc1ccc2c(c1)CCC2)C1CC1c1ccc(Br)cc1. The average molecular weight is 370 g/mol. The molecule has 0 radical (unpaired) electrons. The molecule has 0 bridgehead atoms. The van der Waals surface area contributed by atoms with Gasteiger partial charge in [0.2, 0.25) is 5.91 Å². The molecule has 0 heterocycles. The standard InChI is InChI=1S/C20H20BrNO/c21-17-8-6-15(7-9-17)18-11-19(18)20(23)22-12-13-4-5-14-2-1-3-16(14)10-13/h4-10,18-19H,1-3,11-12H2,(H,22,23). The Morgan fingerprint density at radius 1 is 1.09 bits per heavy atom. The fourth-order valence-corrected chi connectivity index (χ4v) is 3.88. The number of nitrogens with one attached hydrogen (secondary N) is 1. The number of amides is 1. The van der Waals surface area contributed by atoms with Crippen LogP contribution in [0, 0.1) is 5.92 Å². The Balaban J connectivity index is 1.33. The van der Waals surface area contributed by atoms with Crippen LogP contribution in [0.3, 0.4) is 0 Å². The van der Waals surface area contributed by atoms with Gasteiger partial charge in [0.05, 0.1) is 0 Å². The molecule has 118 valence electrons. The van der Waals surface area contributed by atoms with Gasteiger partial charge in [-0.25, -0.2) is 0 Å². The third-order valence-corrected chi connectivity index (χ3v) is 5.58. The first-order chi connectivity index (χ1) is 11.2. The molecule has 2 unspecified atom stereocenters. The van der Waals surface area contributed by atoms with Gasteiger partial charge in [0, 0.05) is 16.9 Å². The molecule has 2 nitrogen and oxygen atoms in total. The van der Waals surface area contributed by atoms with E-state index in [1.54, 1.807) is 0 Å². The third-order valence-electron chi connectivity index (χ3n) is 5.06. The van der Waals surface area contributed by atoms with Crippen molar-refractivity contribution < 1.29 is 4.79 Å². The summed E-state index contributed by atoms with van der Waals surface area (Å²) in [4.78, 5) is 12.3. The number of fused-ring (bicyclic) bond motifs is 1. The van der Waals surface area contributed by atoms with Gasteiger partial charge in [0.1, 0.15) is 0 Å². The minimum atomic E-state index is 0.144. The zero-order chi connectivity index (χ0) is 15.8. The van der Waals surface area contributed by atoms with Crippen LogP contribution in [0.15, 0.2) is 46.9 Å². The van der Waals surface area contributed by atoms with Gasteiger partial charge in [-0.05, 0) is 66.0 Å². The van der Waals surface area contributed by atoms with E-state index in [2.05, 4.69) is 51.6 Å². The van der Waals surface area contributed by atoms with Crippen molar-refractivity contribution in [2.75, 3.05) is 0 Å². The summed E-state index contributed by atoms with van der Waals surface area (Å²) in [5, 5.41) is 3.12. The summed E-state index contributed by atoms with van der Waals surface area (Å²) in [5.74, 6) is 0.729. The highest BCUT2D eigenvalue weighted by atomic mass is 79.9. The first-order valence-electron chi connectivity index (χ1n) is 8.34. The zero-order valence-corrected chi connectivity index (χ0v) is 14.6. The van der Waals surface area contributed by atoms with Gasteiger partial charge in [-0.3, -0.25) is 4.79 Å². The summed E-state index contributed by atoms with van der Waals surface area (Å²) in [6.45, 7) is 0.648. The van der Waals surface area contributed by atoms with Gasteiger partial charge >= 0.3 is 0 Å². The Bertz CT molecular complexity index is 738. The van der Waals surface area contributed by atoms with Crippen molar-refractivity contribution in [2.24, 2.45) is 5.92 Å². The first-order valence-corrected chi connectivity index (χ1v) is 9.14. The number of halogens is 1. The highest BCUT2D eigenvalue weighted by Crippen LogP contribution is 2.47. The molecular formula is C20H20BrNO. The van der Waals surface area contributed by atoms with Crippen LogP contribution in [0.1, 0.15) is 41.0 Å². The number of carbonyl (C=O) groups excluding carboxylic acids is 1. The second-order valence-corrected chi connectivity index (χ2v) is 7.59. The number of benzene rings is 2. The summed E-state index contributed by atoms with van der Waals surface area (Å²) in [5.41, 5.74) is 5.44. The number of carbonyl (C=O) groups is 1. The van der Waals surface area contributed by atoms with Crippen molar-refractivity contribution in [1.29, 1.82) is 0 Å². The Labute approximate surface area is 145 Å². The predicted octanol–water partition coefficient (Wildman–Crippen LogP) is 4.36. The summed E-state index contributed by atoms with van der Waals surface area (Å²) in [6.07, 6.45) is 4.63. The second-order valence-electron chi connectivity index (χ2n) is 6.67. The molecule has 2 aliphatic rings. The van der Waals surface area contributed by atoms with Crippen molar-refractivity contribution in [1.82, 2.24) is 5.32 Å². The predicted molar refractivity (Wildman–Crippen MR) is 95.3 cm³/mol. The molecule has 1 amide bonds. The van der Waals surface area contributed by atoms with Crippen LogP contribution in [0.25, 0.3) is 0 Å². The van der Waals surface area contributed by atoms with E-state index in [9.17, 15) is 4.79 Å². The first kappa shape index (κ1) is 14.9. The van der Waals surface area contributed by atoms with E-state index in [0.29, 0.717) is 12.5 Å². The molecule has 1 fully saturated rings. The Morgan fingerprint density at radius 3 is 2.70 bits per heavy atom. The van der Waals surface area contributed by atoms with Crippen molar-refractivity contribution in [2.45, 2.75) is 38.1 Å². The number of aryl methyl sites for hydroxylation is 2. The summed E-state index contributed by atoms with van der Waals surface area (Å²) >= 11 is 3.45. The van der Waals surface area contributed by atoms with Gasteiger partial charge in [-0.2, -0.15) is 0 Å². The van der Waals surface area contributed by atoms with Crippen molar-refractivity contribution in [3.63, 3.8) is 0 Å². The lowest BCUT2D eigenvalue weighted by Crippen LogP contribution is -2.24. The largest absolute Gasteiger partial charge is 0.352 e. The van der Waals surface area contributed by atoms with Gasteiger partial charge in [0.25, 0.3) is 0 Å². The topological polar surface area (TPSA) is 29.1 Å². The maximum atomic E-state index is 12.3. The van der Waals surface area contributed by atoms with Gasteiger partial charge in [-0.15, -0.1) is 0 Å². The van der Waals surface area contributed by atoms with E-state index < -0.39 is 0 Å². The molecule has 1 saturated carbocycles. The minimum absolute atomic E-state index is 0.144. The highest BCUT2D eigenvalue weighted by Gasteiger charge is 2.43. The van der Waals surface area contributed by atoms with Gasteiger partial charge < -0.3 is 5.32 Å². The molecule has 0 aromatic heterocycles. The van der Waals surface area contributed by atoms with E-state index >= 15 is 0 Å². The van der Waals surface area contributed by atoms with Gasteiger partial charge in [0.15, 0.2) is 0 Å². The van der Waals surface area contributed by atoms with E-state index in [4.69, 9.17) is 0 Å². The van der Waals surface area contributed by atoms with E-state index in [0.717, 1.165) is 10.9 Å². The lowest BCUT2D eigenvalue weighted by molar-refractivity contribution is -0.122. The monoisotopic (exact) mass is 369 g/mol. The van der Waals surface area contributed by atoms with Crippen LogP contribution in [0.4, 0.5) is 0 Å². The summed E-state index contributed by atoms with van der Waals surface area (Å²) < 4.78 is 1.08. The van der Waals surface area contributed by atoms with Crippen molar-refractivity contribution in [3.05, 3.63) is 69.2 Å². The molecule has 0 spiro atoms. The maximum absolute atomic E-state index is 12.3. The van der Waals surface area contributed by atoms with E-state index in [1.807, 2.05) is 12.1 Å². The molecule has 23 heavy (non-hydrogen) atoms. The molecule has 0 aliphatic heterocycles. The maximum Gasteiger partial charge on any atom is 0.224 e. The molecule has 2 aromatic rings. The molecule has 2 atom stereocenters. The van der Waals surface area contributed by atoms with Crippen LogP contribution < -0.4 is 5.32 Å². The summed E-state index contributed by atoms with van der Waals surface area (Å²) in [6, 6.07) is 15.0. The fourth-order valence-electron chi connectivity index (χ4n) is 3.62. The highest BCUT2D eigenvalue weighted by molar-refractivity contribution is 9.10. The number of hydrogen-bond acceptors (Lipinski definition) is 1. The van der Waals surface area contributed by atoms with Crippen LogP contribution in [-0.2, 0) is 24.2 Å². The number of rotatable bonds is 4. The van der Waals surface area contributed by atoms with E-state index in [-0.39, 0.29) is 11.8 Å². The van der Waals surface area contributed by atoms with Crippen molar-refractivity contribution in [3.8, 4) is 0 Å². The Morgan fingerprint density at radius 2 is 1.87 bits per heavy atom. The van der Waals surface area contributed by atoms with Gasteiger partial charge in [-0.1, -0.05) is 46.3 Å².